The van der Waals surface area contributed by atoms with E-state index in [0.29, 0.717) is 18.4 Å². The molecule has 0 radical (unpaired) electrons. The molecule has 0 aromatic carbocycles. The van der Waals surface area contributed by atoms with Crippen molar-refractivity contribution in [2.75, 3.05) is 5.33 Å². The summed E-state index contributed by atoms with van der Waals surface area (Å²) in [4.78, 5) is 12.0. The van der Waals surface area contributed by atoms with E-state index in [1.807, 2.05) is 0 Å². The van der Waals surface area contributed by atoms with Crippen molar-refractivity contribution in [3.05, 3.63) is 0 Å². The van der Waals surface area contributed by atoms with Crippen molar-refractivity contribution in [3.63, 3.8) is 0 Å². The van der Waals surface area contributed by atoms with E-state index in [2.05, 4.69) is 21.2 Å². The van der Waals surface area contributed by atoms with Crippen LogP contribution in [0.5, 0.6) is 0 Å². The summed E-state index contributed by atoms with van der Waals surface area (Å²) in [6.45, 7) is 0. The quantitative estimate of drug-likeness (QED) is 0.611. The van der Waals surface area contributed by atoms with Crippen LogP contribution in [-0.4, -0.2) is 17.3 Å². The van der Waals surface area contributed by atoms with E-state index in [0.717, 1.165) is 41.8 Å². The molecule has 0 aliphatic heterocycles. The molecule has 0 saturated heterocycles. The lowest BCUT2D eigenvalue weighted by Gasteiger charge is -2.54. The van der Waals surface area contributed by atoms with E-state index in [1.54, 1.807) is 0 Å². The van der Waals surface area contributed by atoms with Crippen molar-refractivity contribution in [1.82, 2.24) is 5.32 Å². The maximum absolute atomic E-state index is 12.0. The Balaban J connectivity index is 1.52. The first kappa shape index (κ1) is 13.0. The highest BCUT2D eigenvalue weighted by atomic mass is 79.9. The Morgan fingerprint density at radius 3 is 2.17 bits per heavy atom. The number of halogens is 1. The molecule has 4 fully saturated rings. The minimum Gasteiger partial charge on any atom is -0.353 e. The molecular weight excluding hydrogens is 290 g/mol. The molecule has 0 aromatic heterocycles. The second-order valence-electron chi connectivity index (χ2n) is 6.67. The molecule has 4 rings (SSSR count). The summed E-state index contributed by atoms with van der Waals surface area (Å²) in [6, 6.07) is 0.522. The molecule has 0 heterocycles. The Bertz CT molecular complexity index is 290. The molecule has 0 spiro atoms. The molecule has 4 bridgehead atoms. The van der Waals surface area contributed by atoms with Crippen molar-refractivity contribution in [2.45, 2.75) is 57.4 Å². The maximum Gasteiger partial charge on any atom is 0.220 e. The monoisotopic (exact) mass is 313 g/mol. The second-order valence-corrected chi connectivity index (χ2v) is 7.46. The summed E-state index contributed by atoms with van der Waals surface area (Å²) < 4.78 is 0. The van der Waals surface area contributed by atoms with Crippen LogP contribution >= 0.6 is 15.9 Å². The lowest BCUT2D eigenvalue weighted by atomic mass is 9.54. The third-order valence-electron chi connectivity index (χ3n) is 5.34. The maximum atomic E-state index is 12.0. The van der Waals surface area contributed by atoms with E-state index in [9.17, 15) is 4.79 Å². The highest BCUT2D eigenvalue weighted by molar-refractivity contribution is 9.09. The first-order chi connectivity index (χ1) is 8.76. The molecule has 18 heavy (non-hydrogen) atoms. The van der Waals surface area contributed by atoms with Crippen LogP contribution in [0.4, 0.5) is 0 Å². The van der Waals surface area contributed by atoms with Crippen LogP contribution in [0.15, 0.2) is 0 Å². The van der Waals surface area contributed by atoms with Gasteiger partial charge in [-0.1, -0.05) is 15.9 Å². The van der Waals surface area contributed by atoms with E-state index < -0.39 is 0 Å². The summed E-state index contributed by atoms with van der Waals surface area (Å²) in [5.74, 6) is 3.90. The van der Waals surface area contributed by atoms with Crippen LogP contribution in [-0.2, 0) is 4.79 Å². The molecule has 1 amide bonds. The van der Waals surface area contributed by atoms with Gasteiger partial charge in [0.15, 0.2) is 0 Å². The van der Waals surface area contributed by atoms with Gasteiger partial charge in [-0.15, -0.1) is 0 Å². The lowest BCUT2D eigenvalue weighted by molar-refractivity contribution is -0.125. The minimum atomic E-state index is 0.299. The fraction of sp³-hybridized carbons (Fsp3) is 0.933. The van der Waals surface area contributed by atoms with Crippen molar-refractivity contribution >= 4 is 21.8 Å². The van der Waals surface area contributed by atoms with Gasteiger partial charge in [-0.3, -0.25) is 4.79 Å². The van der Waals surface area contributed by atoms with Gasteiger partial charge in [0, 0.05) is 17.8 Å². The average Bonchev–Trinajstić information content (AvgIpc) is 2.33. The van der Waals surface area contributed by atoms with E-state index in [-0.39, 0.29) is 0 Å². The highest BCUT2D eigenvalue weighted by Gasteiger charge is 2.48. The largest absolute Gasteiger partial charge is 0.353 e. The highest BCUT2D eigenvalue weighted by Crippen LogP contribution is 2.53. The first-order valence-electron chi connectivity index (χ1n) is 7.61. The van der Waals surface area contributed by atoms with Gasteiger partial charge in [-0.05, 0) is 68.6 Å². The number of carbonyl (C=O) groups is 1. The molecule has 3 heteroatoms. The van der Waals surface area contributed by atoms with Crippen LogP contribution < -0.4 is 5.32 Å². The van der Waals surface area contributed by atoms with Crippen LogP contribution in [0.2, 0.25) is 0 Å². The zero-order chi connectivity index (χ0) is 12.5. The molecule has 1 N–H and O–H groups in total. The lowest BCUT2D eigenvalue weighted by Crippen LogP contribution is -2.55. The number of carbonyl (C=O) groups excluding carboxylic acids is 1. The molecule has 0 atom stereocenters. The SMILES string of the molecule is O=C(CCCCBr)NC1C2CC3CC(C2)CC1C3. The number of nitrogens with one attached hydrogen (secondary N) is 1. The van der Waals surface area contributed by atoms with Gasteiger partial charge >= 0.3 is 0 Å². The zero-order valence-electron chi connectivity index (χ0n) is 11.0. The van der Waals surface area contributed by atoms with Crippen LogP contribution in [0.25, 0.3) is 0 Å². The number of unbranched alkanes of at least 4 members (excludes halogenated alkanes) is 1. The number of hydrogen-bond donors (Lipinski definition) is 1. The van der Waals surface area contributed by atoms with Gasteiger partial charge in [-0.25, -0.2) is 0 Å². The Labute approximate surface area is 118 Å². The minimum absolute atomic E-state index is 0.299. The molecule has 4 aliphatic rings. The Hall–Kier alpha value is -0.0500. The van der Waals surface area contributed by atoms with Gasteiger partial charge in [-0.2, -0.15) is 0 Å². The predicted molar refractivity (Wildman–Crippen MR) is 76.6 cm³/mol. The molecule has 102 valence electrons. The summed E-state index contributed by atoms with van der Waals surface area (Å²) >= 11 is 3.42. The van der Waals surface area contributed by atoms with Crippen molar-refractivity contribution < 1.29 is 4.79 Å². The van der Waals surface area contributed by atoms with Crippen molar-refractivity contribution in [3.8, 4) is 0 Å². The van der Waals surface area contributed by atoms with Gasteiger partial charge in [0.1, 0.15) is 0 Å². The third kappa shape index (κ3) is 2.61. The summed E-state index contributed by atoms with van der Waals surface area (Å²) in [7, 11) is 0. The van der Waals surface area contributed by atoms with Crippen LogP contribution in [0.3, 0.4) is 0 Å². The van der Waals surface area contributed by atoms with E-state index >= 15 is 0 Å². The second kappa shape index (κ2) is 5.52. The standard InChI is InChI=1S/C15H24BrNO/c16-4-2-1-3-14(18)17-15-12-6-10-5-11(8-12)9-13(15)7-10/h10-13,15H,1-9H2,(H,17,18). The van der Waals surface area contributed by atoms with Crippen LogP contribution in [0, 0.1) is 23.7 Å². The number of alkyl halides is 1. The molecule has 0 aromatic rings. The zero-order valence-corrected chi connectivity index (χ0v) is 12.6. The number of rotatable bonds is 5. The van der Waals surface area contributed by atoms with E-state index in [4.69, 9.17) is 0 Å². The molecule has 2 nitrogen and oxygen atoms in total. The van der Waals surface area contributed by atoms with Gasteiger partial charge in [0.05, 0.1) is 0 Å². The number of hydrogen-bond acceptors (Lipinski definition) is 1. The average molecular weight is 314 g/mol. The fourth-order valence-electron chi connectivity index (χ4n) is 4.80. The topological polar surface area (TPSA) is 29.1 Å². The van der Waals surface area contributed by atoms with Crippen molar-refractivity contribution in [2.24, 2.45) is 23.7 Å². The van der Waals surface area contributed by atoms with Gasteiger partial charge in [0.25, 0.3) is 0 Å². The van der Waals surface area contributed by atoms with Gasteiger partial charge < -0.3 is 5.32 Å². The predicted octanol–water partition coefficient (Wildman–Crippen LogP) is 3.49. The van der Waals surface area contributed by atoms with Crippen LogP contribution in [0.1, 0.15) is 51.4 Å². The molecule has 4 saturated carbocycles. The molecule has 4 aliphatic carbocycles. The molecule has 0 unspecified atom stereocenters. The van der Waals surface area contributed by atoms with Gasteiger partial charge in [0.2, 0.25) is 5.91 Å². The normalized spacial score (nSPS) is 41.1. The smallest absolute Gasteiger partial charge is 0.220 e. The Morgan fingerprint density at radius 1 is 1.00 bits per heavy atom. The summed E-state index contributed by atoms with van der Waals surface area (Å²) in [6.07, 6.45) is 9.88. The van der Waals surface area contributed by atoms with Crippen molar-refractivity contribution in [1.29, 1.82) is 0 Å². The third-order valence-corrected chi connectivity index (χ3v) is 5.90. The summed E-state index contributed by atoms with van der Waals surface area (Å²) in [5.41, 5.74) is 0. The number of amides is 1. The van der Waals surface area contributed by atoms with E-state index in [1.165, 1.54) is 32.1 Å². The Kier molecular flexibility index (Phi) is 3.97. The molecular formula is C15H24BrNO. The summed E-state index contributed by atoms with van der Waals surface area (Å²) in [5, 5.41) is 4.38. The fourth-order valence-corrected chi connectivity index (χ4v) is 5.20. The Morgan fingerprint density at radius 2 is 1.61 bits per heavy atom. The first-order valence-corrected chi connectivity index (χ1v) is 8.73.